The summed E-state index contributed by atoms with van der Waals surface area (Å²) in [4.78, 5) is 10.1. The quantitative estimate of drug-likeness (QED) is 0.219. The number of nitro groups is 1. The molecular formula is C11H12N2O5S. The third kappa shape index (κ3) is 5.37. The highest BCUT2D eigenvalue weighted by atomic mass is 32.2. The average Bonchev–Trinajstić information content (AvgIpc) is 2.29. The fourth-order valence-corrected chi connectivity index (χ4v) is 1.57. The van der Waals surface area contributed by atoms with Crippen molar-refractivity contribution in [3.8, 4) is 11.8 Å². The molecule has 1 rings (SSSR count). The van der Waals surface area contributed by atoms with Crippen LogP contribution in [0.2, 0.25) is 0 Å². The van der Waals surface area contributed by atoms with Crippen LogP contribution in [-0.2, 0) is 14.3 Å². The minimum atomic E-state index is -3.47. The maximum atomic E-state index is 10.7. The molecule has 0 saturated heterocycles. The number of hydrogen-bond donors (Lipinski definition) is 1. The second-order valence-electron chi connectivity index (χ2n) is 3.61. The molecular weight excluding hydrogens is 272 g/mol. The monoisotopic (exact) mass is 284 g/mol. The van der Waals surface area contributed by atoms with Crippen LogP contribution >= 0.6 is 0 Å². The van der Waals surface area contributed by atoms with Gasteiger partial charge in [0.05, 0.1) is 17.8 Å². The van der Waals surface area contributed by atoms with E-state index < -0.39 is 15.0 Å². The molecule has 0 heterocycles. The van der Waals surface area contributed by atoms with Crippen molar-refractivity contribution in [2.45, 2.75) is 6.42 Å². The topological polar surface area (TPSA) is 113 Å². The molecule has 0 amide bonds. The van der Waals surface area contributed by atoms with Crippen LogP contribution in [0, 0.1) is 22.0 Å². The first-order chi connectivity index (χ1) is 8.79. The van der Waals surface area contributed by atoms with Crippen molar-refractivity contribution in [3.63, 3.8) is 0 Å². The number of rotatable bonds is 4. The van der Waals surface area contributed by atoms with E-state index >= 15 is 0 Å². The zero-order valence-corrected chi connectivity index (χ0v) is 10.9. The van der Waals surface area contributed by atoms with Crippen LogP contribution in [0.15, 0.2) is 18.2 Å². The lowest BCUT2D eigenvalue weighted by Gasteiger charge is -1.97. The van der Waals surface area contributed by atoms with Gasteiger partial charge in [-0.15, -0.1) is 0 Å². The Morgan fingerprint density at radius 1 is 1.47 bits per heavy atom. The standard InChI is InChI=1S/C11H12N2O5S/c1-19(16,17)18-7-3-2-4-9-5-6-10(12)11(8-9)13(14)15/h5-6,8H,3,7,12H2,1H3. The summed E-state index contributed by atoms with van der Waals surface area (Å²) in [6.45, 7) is -0.0527. The lowest BCUT2D eigenvalue weighted by Crippen LogP contribution is -2.03. The maximum absolute atomic E-state index is 10.7. The van der Waals surface area contributed by atoms with Gasteiger partial charge in [-0.1, -0.05) is 11.8 Å². The van der Waals surface area contributed by atoms with E-state index in [4.69, 9.17) is 5.73 Å². The smallest absolute Gasteiger partial charge is 0.293 e. The van der Waals surface area contributed by atoms with Crippen LogP contribution in [0.3, 0.4) is 0 Å². The molecule has 0 atom stereocenters. The van der Waals surface area contributed by atoms with Crippen LogP contribution in [0.5, 0.6) is 0 Å². The third-order valence-electron chi connectivity index (χ3n) is 1.98. The van der Waals surface area contributed by atoms with Crippen molar-refractivity contribution in [3.05, 3.63) is 33.9 Å². The van der Waals surface area contributed by atoms with Crippen molar-refractivity contribution in [1.29, 1.82) is 0 Å². The third-order valence-corrected chi connectivity index (χ3v) is 2.58. The first-order valence-corrected chi connectivity index (χ1v) is 6.98. The van der Waals surface area contributed by atoms with E-state index in [9.17, 15) is 18.5 Å². The summed E-state index contributed by atoms with van der Waals surface area (Å²) in [6.07, 6.45) is 1.15. The fourth-order valence-electron chi connectivity index (χ4n) is 1.19. The molecule has 0 unspecified atom stereocenters. The van der Waals surface area contributed by atoms with Crippen LogP contribution in [-0.4, -0.2) is 26.2 Å². The first kappa shape index (κ1) is 14.9. The Balaban J connectivity index is 2.69. The fraction of sp³-hybridized carbons (Fsp3) is 0.273. The second-order valence-corrected chi connectivity index (χ2v) is 5.25. The van der Waals surface area contributed by atoms with Crippen LogP contribution in [0.4, 0.5) is 11.4 Å². The molecule has 0 aromatic heterocycles. The van der Waals surface area contributed by atoms with Gasteiger partial charge in [-0.05, 0) is 12.1 Å². The highest BCUT2D eigenvalue weighted by Gasteiger charge is 2.10. The Hall–Kier alpha value is -2.11. The Kier molecular flexibility index (Phi) is 4.86. The minimum absolute atomic E-state index is 0.0527. The molecule has 7 nitrogen and oxygen atoms in total. The lowest BCUT2D eigenvalue weighted by atomic mass is 10.2. The van der Waals surface area contributed by atoms with Crippen molar-refractivity contribution >= 4 is 21.5 Å². The Labute approximate surface area is 110 Å². The lowest BCUT2D eigenvalue weighted by molar-refractivity contribution is -0.383. The van der Waals surface area contributed by atoms with Gasteiger partial charge >= 0.3 is 0 Å². The number of nitrogen functional groups attached to an aromatic ring is 1. The average molecular weight is 284 g/mol. The minimum Gasteiger partial charge on any atom is -0.393 e. The number of nitro benzene ring substituents is 1. The molecule has 0 aliphatic heterocycles. The summed E-state index contributed by atoms with van der Waals surface area (Å²) in [6, 6.07) is 4.21. The van der Waals surface area contributed by atoms with E-state index in [1.165, 1.54) is 12.1 Å². The molecule has 0 fully saturated rings. The SMILES string of the molecule is CS(=O)(=O)OCCC#Cc1ccc(N)c([N+](=O)[O-])c1. The predicted molar refractivity (Wildman–Crippen MR) is 69.8 cm³/mol. The summed E-state index contributed by atoms with van der Waals surface area (Å²) < 4.78 is 25.8. The van der Waals surface area contributed by atoms with Crippen molar-refractivity contribution in [2.24, 2.45) is 0 Å². The second kappa shape index (κ2) is 6.17. The predicted octanol–water partition coefficient (Wildman–Crippen LogP) is 0.895. The summed E-state index contributed by atoms with van der Waals surface area (Å²) >= 11 is 0. The van der Waals surface area contributed by atoms with Gasteiger partial charge in [0.15, 0.2) is 0 Å². The van der Waals surface area contributed by atoms with Gasteiger partial charge in [0, 0.05) is 18.1 Å². The van der Waals surface area contributed by atoms with Crippen LogP contribution < -0.4 is 5.73 Å². The molecule has 1 aromatic carbocycles. The van der Waals surface area contributed by atoms with E-state index in [2.05, 4.69) is 16.0 Å². The van der Waals surface area contributed by atoms with E-state index in [1.807, 2.05) is 0 Å². The zero-order valence-electron chi connectivity index (χ0n) is 10.1. The molecule has 0 radical (unpaired) electrons. The Bertz CT molecular complexity index is 643. The largest absolute Gasteiger partial charge is 0.393 e. The van der Waals surface area contributed by atoms with Crippen LogP contribution in [0.25, 0.3) is 0 Å². The number of hydrogen-bond acceptors (Lipinski definition) is 6. The Morgan fingerprint density at radius 3 is 2.74 bits per heavy atom. The van der Waals surface area contributed by atoms with Gasteiger partial charge in [-0.2, -0.15) is 8.42 Å². The van der Waals surface area contributed by atoms with Crippen molar-refractivity contribution < 1.29 is 17.5 Å². The molecule has 0 spiro atoms. The van der Waals surface area contributed by atoms with Gasteiger partial charge in [0.1, 0.15) is 5.69 Å². The highest BCUT2D eigenvalue weighted by Crippen LogP contribution is 2.21. The van der Waals surface area contributed by atoms with E-state index in [0.717, 1.165) is 6.26 Å². The molecule has 102 valence electrons. The van der Waals surface area contributed by atoms with E-state index in [0.29, 0.717) is 5.56 Å². The molecule has 0 saturated carbocycles. The molecule has 0 bridgehead atoms. The van der Waals surface area contributed by atoms with Crippen LogP contribution in [0.1, 0.15) is 12.0 Å². The summed E-state index contributed by atoms with van der Waals surface area (Å²) in [5.74, 6) is 5.33. The van der Waals surface area contributed by atoms with Crippen molar-refractivity contribution in [1.82, 2.24) is 0 Å². The molecule has 8 heteroatoms. The molecule has 0 aliphatic carbocycles. The Morgan fingerprint density at radius 2 is 2.16 bits per heavy atom. The summed E-state index contributed by atoms with van der Waals surface area (Å²) in [5.41, 5.74) is 5.73. The summed E-state index contributed by atoms with van der Waals surface area (Å²) in [7, 11) is -3.47. The normalized spacial score (nSPS) is 10.6. The molecule has 2 N–H and O–H groups in total. The van der Waals surface area contributed by atoms with E-state index in [1.54, 1.807) is 6.07 Å². The highest BCUT2D eigenvalue weighted by molar-refractivity contribution is 7.85. The number of benzene rings is 1. The molecule has 1 aromatic rings. The van der Waals surface area contributed by atoms with Crippen molar-refractivity contribution in [2.75, 3.05) is 18.6 Å². The summed E-state index contributed by atoms with van der Waals surface area (Å²) in [5, 5.41) is 10.7. The van der Waals surface area contributed by atoms with Gasteiger partial charge in [-0.25, -0.2) is 0 Å². The molecule has 19 heavy (non-hydrogen) atoms. The molecule has 0 aliphatic rings. The van der Waals surface area contributed by atoms with Gasteiger partial charge < -0.3 is 5.73 Å². The first-order valence-electron chi connectivity index (χ1n) is 5.17. The van der Waals surface area contributed by atoms with Gasteiger partial charge in [-0.3, -0.25) is 14.3 Å². The zero-order chi connectivity index (χ0) is 14.5. The maximum Gasteiger partial charge on any atom is 0.293 e. The number of anilines is 1. The number of nitrogens with zero attached hydrogens (tertiary/aromatic N) is 1. The van der Waals surface area contributed by atoms with E-state index in [-0.39, 0.29) is 24.4 Å². The van der Waals surface area contributed by atoms with Gasteiger partial charge in [0.25, 0.3) is 15.8 Å². The van der Waals surface area contributed by atoms with Gasteiger partial charge in [0.2, 0.25) is 0 Å². The number of nitrogens with two attached hydrogens (primary N) is 1.